The van der Waals surface area contributed by atoms with E-state index in [0.29, 0.717) is 11.6 Å². The maximum atomic E-state index is 11.3. The van der Waals surface area contributed by atoms with Gasteiger partial charge in [-0.15, -0.1) is 11.8 Å². The highest BCUT2D eigenvalue weighted by Crippen LogP contribution is 2.20. The van der Waals surface area contributed by atoms with E-state index in [2.05, 4.69) is 4.74 Å². The van der Waals surface area contributed by atoms with Gasteiger partial charge in [0.15, 0.2) is 0 Å². The lowest BCUT2D eigenvalue weighted by atomic mass is 10.3. The van der Waals surface area contributed by atoms with E-state index < -0.39 is 12.0 Å². The number of hydrogen-bond acceptors (Lipinski definition) is 4. The van der Waals surface area contributed by atoms with Crippen LogP contribution in [0.3, 0.4) is 0 Å². The molecular formula is C7H11NO4S. The minimum Gasteiger partial charge on any atom is -0.480 e. The van der Waals surface area contributed by atoms with Gasteiger partial charge in [-0.2, -0.15) is 0 Å². The molecule has 1 saturated heterocycles. The lowest BCUT2D eigenvalue weighted by molar-refractivity contribution is -0.149. The number of carbonyl (C=O) groups excluding carboxylic acids is 1. The summed E-state index contributed by atoms with van der Waals surface area (Å²) >= 11 is 1.44. The van der Waals surface area contributed by atoms with Gasteiger partial charge in [0.1, 0.15) is 12.6 Å². The third-order valence-corrected chi connectivity index (χ3v) is 2.77. The number of carboxylic acid groups (broad SMARTS) is 1. The van der Waals surface area contributed by atoms with Crippen LogP contribution in [-0.2, 0) is 14.3 Å². The van der Waals surface area contributed by atoms with Gasteiger partial charge in [-0.05, 0) is 0 Å². The summed E-state index contributed by atoms with van der Waals surface area (Å²) in [6.07, 6.45) is 0. The van der Waals surface area contributed by atoms with Crippen LogP contribution in [0.25, 0.3) is 0 Å². The van der Waals surface area contributed by atoms with E-state index in [1.165, 1.54) is 23.8 Å². The molecule has 1 heterocycles. The summed E-state index contributed by atoms with van der Waals surface area (Å²) in [6, 6.07) is -0.687. The lowest BCUT2D eigenvalue weighted by Gasteiger charge is -2.19. The van der Waals surface area contributed by atoms with Crippen molar-refractivity contribution >= 4 is 23.6 Å². The minimum atomic E-state index is -0.950. The van der Waals surface area contributed by atoms with Gasteiger partial charge in [0.05, 0.1) is 5.88 Å². The molecule has 1 atom stereocenters. The van der Waals surface area contributed by atoms with Crippen LogP contribution < -0.4 is 0 Å². The van der Waals surface area contributed by atoms with Crippen LogP contribution in [0.4, 0.5) is 0 Å². The van der Waals surface area contributed by atoms with Crippen molar-refractivity contribution in [3.05, 3.63) is 0 Å². The normalized spacial score (nSPS) is 21.9. The topological polar surface area (TPSA) is 66.8 Å². The van der Waals surface area contributed by atoms with E-state index in [1.807, 2.05) is 0 Å². The molecule has 1 rings (SSSR count). The molecule has 0 aromatic rings. The van der Waals surface area contributed by atoms with Crippen LogP contribution in [0.15, 0.2) is 0 Å². The molecule has 1 amide bonds. The first-order chi connectivity index (χ1) is 6.16. The molecule has 13 heavy (non-hydrogen) atoms. The van der Waals surface area contributed by atoms with Crippen molar-refractivity contribution in [2.45, 2.75) is 6.04 Å². The lowest BCUT2D eigenvalue weighted by Crippen LogP contribution is -2.43. The van der Waals surface area contributed by atoms with Crippen molar-refractivity contribution in [3.8, 4) is 0 Å². The number of thioether (sulfide) groups is 1. The molecule has 1 aliphatic rings. The van der Waals surface area contributed by atoms with Gasteiger partial charge in [0.25, 0.3) is 0 Å². The zero-order valence-corrected chi connectivity index (χ0v) is 8.04. The number of hydrogen-bond donors (Lipinski definition) is 1. The summed E-state index contributed by atoms with van der Waals surface area (Å²) in [5.74, 6) is -0.307. The molecule has 1 unspecified atom stereocenters. The van der Waals surface area contributed by atoms with Gasteiger partial charge in [0, 0.05) is 12.9 Å². The molecular weight excluding hydrogens is 194 g/mol. The molecule has 6 heteroatoms. The number of nitrogens with zero attached hydrogens (tertiary/aromatic N) is 1. The summed E-state index contributed by atoms with van der Waals surface area (Å²) in [7, 11) is 1.41. The Kier molecular flexibility index (Phi) is 3.56. The van der Waals surface area contributed by atoms with Crippen molar-refractivity contribution in [1.29, 1.82) is 0 Å². The highest BCUT2D eigenvalue weighted by Gasteiger charge is 2.34. The van der Waals surface area contributed by atoms with Gasteiger partial charge in [-0.25, -0.2) is 4.79 Å². The average molecular weight is 205 g/mol. The monoisotopic (exact) mass is 205 g/mol. The first-order valence-corrected chi connectivity index (χ1v) is 4.91. The second kappa shape index (κ2) is 4.48. The fourth-order valence-electron chi connectivity index (χ4n) is 1.10. The zero-order valence-electron chi connectivity index (χ0n) is 7.23. The minimum absolute atomic E-state index is 0.0513. The fourth-order valence-corrected chi connectivity index (χ4v) is 2.27. The van der Waals surface area contributed by atoms with E-state index in [9.17, 15) is 9.59 Å². The Balaban J connectivity index is 2.57. The number of rotatable bonds is 3. The Labute approximate surface area is 80.0 Å². The van der Waals surface area contributed by atoms with Gasteiger partial charge in [-0.1, -0.05) is 0 Å². The highest BCUT2D eigenvalue weighted by molar-refractivity contribution is 7.99. The van der Waals surface area contributed by atoms with Gasteiger partial charge >= 0.3 is 5.97 Å². The summed E-state index contributed by atoms with van der Waals surface area (Å²) in [5.41, 5.74) is 0. The molecule has 0 saturated carbocycles. The Bertz CT molecular complexity index is 221. The second-order valence-electron chi connectivity index (χ2n) is 2.65. The number of carbonyl (C=O) groups is 2. The molecule has 0 aromatic carbocycles. The smallest absolute Gasteiger partial charge is 0.327 e. The summed E-state index contributed by atoms with van der Waals surface area (Å²) in [5, 5.41) is 8.75. The highest BCUT2D eigenvalue weighted by atomic mass is 32.2. The number of amides is 1. The third kappa shape index (κ3) is 2.35. The largest absolute Gasteiger partial charge is 0.480 e. The Morgan fingerprint density at radius 1 is 1.69 bits per heavy atom. The molecule has 1 fully saturated rings. The van der Waals surface area contributed by atoms with Crippen LogP contribution in [-0.4, -0.2) is 53.3 Å². The van der Waals surface area contributed by atoms with Crippen molar-refractivity contribution in [3.63, 3.8) is 0 Å². The SMILES string of the molecule is COCC(=O)N1CSCC1C(=O)O. The maximum absolute atomic E-state index is 11.3. The fraction of sp³-hybridized carbons (Fsp3) is 0.714. The van der Waals surface area contributed by atoms with Crippen molar-refractivity contribution in [2.24, 2.45) is 0 Å². The second-order valence-corrected chi connectivity index (χ2v) is 3.65. The summed E-state index contributed by atoms with van der Waals surface area (Å²) < 4.78 is 4.65. The first kappa shape index (κ1) is 10.3. The zero-order chi connectivity index (χ0) is 9.84. The standard InChI is InChI=1S/C7H11NO4S/c1-12-2-6(9)8-4-13-3-5(8)7(10)11/h5H,2-4H2,1H3,(H,10,11). The summed E-state index contributed by atoms with van der Waals surface area (Å²) in [6.45, 7) is -0.0513. The maximum Gasteiger partial charge on any atom is 0.327 e. The number of ether oxygens (including phenoxy) is 1. The Morgan fingerprint density at radius 3 is 2.92 bits per heavy atom. The van der Waals surface area contributed by atoms with Gasteiger partial charge < -0.3 is 14.7 Å². The molecule has 1 aliphatic heterocycles. The Hall–Kier alpha value is -0.750. The molecule has 0 spiro atoms. The third-order valence-electron chi connectivity index (χ3n) is 1.76. The predicted octanol–water partition coefficient (Wildman–Crippen LogP) is -0.381. The van der Waals surface area contributed by atoms with Crippen molar-refractivity contribution in [1.82, 2.24) is 4.90 Å². The molecule has 1 N–H and O–H groups in total. The van der Waals surface area contributed by atoms with E-state index in [0.717, 1.165) is 0 Å². The van der Waals surface area contributed by atoms with Crippen LogP contribution in [0.2, 0.25) is 0 Å². The molecule has 74 valence electrons. The van der Waals surface area contributed by atoms with Crippen LogP contribution >= 0.6 is 11.8 Å². The van der Waals surface area contributed by atoms with Crippen LogP contribution in [0.5, 0.6) is 0 Å². The van der Waals surface area contributed by atoms with E-state index in [-0.39, 0.29) is 12.5 Å². The number of methoxy groups -OCH3 is 1. The number of carboxylic acids is 1. The number of aliphatic carboxylic acids is 1. The van der Waals surface area contributed by atoms with E-state index >= 15 is 0 Å². The average Bonchev–Trinajstić information content (AvgIpc) is 2.52. The Morgan fingerprint density at radius 2 is 2.38 bits per heavy atom. The molecule has 0 aromatic heterocycles. The van der Waals surface area contributed by atoms with Crippen LogP contribution in [0.1, 0.15) is 0 Å². The van der Waals surface area contributed by atoms with Crippen LogP contribution in [0, 0.1) is 0 Å². The molecule has 5 nitrogen and oxygen atoms in total. The first-order valence-electron chi connectivity index (χ1n) is 3.75. The predicted molar refractivity (Wildman–Crippen MR) is 47.5 cm³/mol. The molecule has 0 bridgehead atoms. The summed E-state index contributed by atoms with van der Waals surface area (Å²) in [4.78, 5) is 23.3. The molecule has 0 radical (unpaired) electrons. The van der Waals surface area contributed by atoms with Gasteiger partial charge in [0.2, 0.25) is 5.91 Å². The quantitative estimate of drug-likeness (QED) is 0.680. The molecule has 0 aliphatic carbocycles. The van der Waals surface area contributed by atoms with Crippen molar-refractivity contribution in [2.75, 3.05) is 25.3 Å². The van der Waals surface area contributed by atoms with E-state index in [1.54, 1.807) is 0 Å². The van der Waals surface area contributed by atoms with E-state index in [4.69, 9.17) is 5.11 Å². The van der Waals surface area contributed by atoms with Gasteiger partial charge in [-0.3, -0.25) is 4.79 Å². The van der Waals surface area contributed by atoms with Crippen molar-refractivity contribution < 1.29 is 19.4 Å².